The molecule has 3 aromatic rings. The Labute approximate surface area is 165 Å². The van der Waals surface area contributed by atoms with Gasteiger partial charge in [0, 0.05) is 24.4 Å². The number of hydrogen-bond acceptors (Lipinski definition) is 3. The van der Waals surface area contributed by atoms with Crippen molar-refractivity contribution in [2.24, 2.45) is 0 Å². The van der Waals surface area contributed by atoms with Gasteiger partial charge in [-0.15, -0.1) is 0 Å². The van der Waals surface area contributed by atoms with E-state index in [0.717, 1.165) is 24.5 Å². The number of nitrogens with zero attached hydrogens (tertiary/aromatic N) is 2. The molecule has 0 bridgehead atoms. The lowest BCUT2D eigenvalue weighted by molar-refractivity contribution is -0.137. The van der Waals surface area contributed by atoms with Gasteiger partial charge in [-0.05, 0) is 47.6 Å². The van der Waals surface area contributed by atoms with E-state index < -0.39 is 17.7 Å². The molecule has 148 valence electrons. The molecule has 4 nitrogen and oxygen atoms in total. The van der Waals surface area contributed by atoms with Crippen molar-refractivity contribution in [1.29, 1.82) is 0 Å². The summed E-state index contributed by atoms with van der Waals surface area (Å²) in [6, 6.07) is 10.6. The van der Waals surface area contributed by atoms with Crippen LogP contribution in [-0.2, 0) is 12.6 Å². The minimum Gasteiger partial charge on any atom is -0.478 e. The molecule has 0 aliphatic heterocycles. The molecule has 1 aliphatic carbocycles. The van der Waals surface area contributed by atoms with E-state index >= 15 is 0 Å². The van der Waals surface area contributed by atoms with Crippen molar-refractivity contribution in [1.82, 2.24) is 9.97 Å². The van der Waals surface area contributed by atoms with Gasteiger partial charge in [-0.2, -0.15) is 13.2 Å². The summed E-state index contributed by atoms with van der Waals surface area (Å²) in [6.45, 7) is 0. The highest BCUT2D eigenvalue weighted by molar-refractivity contribution is 5.89. The average Bonchev–Trinajstić information content (AvgIpc) is 3.53. The predicted molar refractivity (Wildman–Crippen MR) is 101 cm³/mol. The SMILES string of the molecule is O=C(O)c1cc(C2CC2)ccc1Cc1cnc(-c2ccccc2C(F)(F)F)nc1. The standard InChI is InChI=1S/C22H17F3N2O2/c23-22(24,25)19-4-2-1-3-17(19)20-26-11-13(12-27-20)9-16-8-7-15(14-5-6-14)10-18(16)21(28)29/h1-4,7-8,10-12,14H,5-6,9H2,(H,28,29). The summed E-state index contributed by atoms with van der Waals surface area (Å²) in [6.07, 6.45) is 0.818. The quantitative estimate of drug-likeness (QED) is 0.631. The van der Waals surface area contributed by atoms with Crippen LogP contribution in [0.1, 0.15) is 51.4 Å². The Morgan fingerprint density at radius 3 is 2.38 bits per heavy atom. The second kappa shape index (κ2) is 7.31. The number of aromatic nitrogens is 2. The van der Waals surface area contributed by atoms with Crippen LogP contribution in [0.5, 0.6) is 0 Å². The van der Waals surface area contributed by atoms with Crippen molar-refractivity contribution in [2.75, 3.05) is 0 Å². The Morgan fingerprint density at radius 1 is 1.07 bits per heavy atom. The summed E-state index contributed by atoms with van der Waals surface area (Å²) in [5.41, 5.74) is 1.62. The van der Waals surface area contributed by atoms with Crippen molar-refractivity contribution in [3.8, 4) is 11.4 Å². The van der Waals surface area contributed by atoms with Crippen LogP contribution in [0, 0.1) is 0 Å². The number of aromatic carboxylic acids is 1. The number of carbonyl (C=O) groups is 1. The lowest BCUT2D eigenvalue weighted by atomic mass is 9.97. The fraction of sp³-hybridized carbons (Fsp3) is 0.227. The van der Waals surface area contributed by atoms with Gasteiger partial charge in [0.15, 0.2) is 5.82 Å². The fourth-order valence-corrected chi connectivity index (χ4v) is 3.35. The van der Waals surface area contributed by atoms with E-state index in [1.165, 1.54) is 30.6 Å². The van der Waals surface area contributed by atoms with Gasteiger partial charge in [0.2, 0.25) is 0 Å². The zero-order valence-corrected chi connectivity index (χ0v) is 15.3. The Hall–Kier alpha value is -3.22. The minimum absolute atomic E-state index is 0.0239. The van der Waals surface area contributed by atoms with Crippen LogP contribution in [0.2, 0.25) is 0 Å². The maximum absolute atomic E-state index is 13.2. The van der Waals surface area contributed by atoms with Crippen LogP contribution in [0.4, 0.5) is 13.2 Å². The first-order valence-electron chi connectivity index (χ1n) is 9.16. The van der Waals surface area contributed by atoms with Crippen LogP contribution < -0.4 is 0 Å². The first kappa shape index (κ1) is 19.1. The largest absolute Gasteiger partial charge is 0.478 e. The van der Waals surface area contributed by atoms with Gasteiger partial charge in [0.1, 0.15) is 0 Å². The van der Waals surface area contributed by atoms with Gasteiger partial charge in [0.25, 0.3) is 0 Å². The molecule has 0 atom stereocenters. The molecule has 0 spiro atoms. The van der Waals surface area contributed by atoms with Gasteiger partial charge in [0.05, 0.1) is 11.1 Å². The Bertz CT molecular complexity index is 1060. The van der Waals surface area contributed by atoms with E-state index in [1.54, 1.807) is 12.1 Å². The number of rotatable bonds is 5. The lowest BCUT2D eigenvalue weighted by Crippen LogP contribution is -2.08. The van der Waals surface area contributed by atoms with Crippen molar-refractivity contribution in [3.63, 3.8) is 0 Å². The van der Waals surface area contributed by atoms with Gasteiger partial charge in [-0.1, -0.05) is 30.3 Å². The Balaban J connectivity index is 1.61. The number of halogens is 3. The average molecular weight is 398 g/mol. The molecule has 0 unspecified atom stereocenters. The van der Waals surface area contributed by atoms with Gasteiger partial charge >= 0.3 is 12.1 Å². The van der Waals surface area contributed by atoms with E-state index in [2.05, 4.69) is 9.97 Å². The summed E-state index contributed by atoms with van der Waals surface area (Å²) >= 11 is 0. The molecule has 1 aliphatic rings. The fourth-order valence-electron chi connectivity index (χ4n) is 3.35. The summed E-state index contributed by atoms with van der Waals surface area (Å²) in [5, 5.41) is 9.53. The Morgan fingerprint density at radius 2 is 1.76 bits per heavy atom. The van der Waals surface area contributed by atoms with Crippen LogP contribution >= 0.6 is 0 Å². The molecule has 4 rings (SSSR count). The van der Waals surface area contributed by atoms with E-state index in [4.69, 9.17) is 0 Å². The maximum Gasteiger partial charge on any atom is 0.417 e. The smallest absolute Gasteiger partial charge is 0.417 e. The molecule has 1 saturated carbocycles. The lowest BCUT2D eigenvalue weighted by Gasteiger charge is -2.12. The van der Waals surface area contributed by atoms with Crippen LogP contribution in [-0.4, -0.2) is 21.0 Å². The van der Waals surface area contributed by atoms with E-state index in [-0.39, 0.29) is 23.4 Å². The summed E-state index contributed by atoms with van der Waals surface area (Å²) < 4.78 is 39.6. The van der Waals surface area contributed by atoms with Crippen molar-refractivity contribution in [3.05, 3.63) is 82.7 Å². The first-order valence-corrected chi connectivity index (χ1v) is 9.16. The molecule has 1 heterocycles. The van der Waals surface area contributed by atoms with Crippen LogP contribution in [0.25, 0.3) is 11.4 Å². The zero-order valence-electron chi connectivity index (χ0n) is 15.3. The summed E-state index contributed by atoms with van der Waals surface area (Å²) in [4.78, 5) is 19.8. The van der Waals surface area contributed by atoms with Gasteiger partial charge in [-0.3, -0.25) is 0 Å². The molecule has 1 N–H and O–H groups in total. The number of carboxylic acid groups (broad SMARTS) is 1. The highest BCUT2D eigenvalue weighted by Crippen LogP contribution is 2.40. The van der Waals surface area contributed by atoms with Crippen LogP contribution in [0.15, 0.2) is 54.9 Å². The molecule has 0 radical (unpaired) electrons. The molecular formula is C22H17F3N2O2. The minimum atomic E-state index is -4.50. The van der Waals surface area contributed by atoms with E-state index in [0.29, 0.717) is 17.0 Å². The third-order valence-corrected chi connectivity index (χ3v) is 4.99. The monoisotopic (exact) mass is 398 g/mol. The van der Waals surface area contributed by atoms with Gasteiger partial charge in [-0.25, -0.2) is 14.8 Å². The van der Waals surface area contributed by atoms with Crippen molar-refractivity contribution < 1.29 is 23.1 Å². The molecule has 1 fully saturated rings. The third kappa shape index (κ3) is 4.13. The zero-order chi connectivity index (χ0) is 20.6. The number of hydrogen-bond donors (Lipinski definition) is 1. The highest BCUT2D eigenvalue weighted by atomic mass is 19.4. The molecule has 1 aromatic heterocycles. The van der Waals surface area contributed by atoms with E-state index in [9.17, 15) is 23.1 Å². The molecular weight excluding hydrogens is 381 g/mol. The predicted octanol–water partition coefficient (Wildman–Crippen LogP) is 5.33. The molecule has 0 amide bonds. The molecule has 7 heteroatoms. The van der Waals surface area contributed by atoms with Crippen LogP contribution in [0.3, 0.4) is 0 Å². The third-order valence-electron chi connectivity index (χ3n) is 4.99. The van der Waals surface area contributed by atoms with Gasteiger partial charge < -0.3 is 5.11 Å². The maximum atomic E-state index is 13.2. The molecule has 2 aromatic carbocycles. The van der Waals surface area contributed by atoms with Crippen molar-refractivity contribution in [2.45, 2.75) is 31.4 Å². The highest BCUT2D eigenvalue weighted by Gasteiger charge is 2.34. The number of benzene rings is 2. The molecule has 0 saturated heterocycles. The second-order valence-corrected chi connectivity index (χ2v) is 7.13. The normalized spacial score (nSPS) is 14.0. The Kier molecular flexibility index (Phi) is 4.82. The van der Waals surface area contributed by atoms with E-state index in [1.807, 2.05) is 6.07 Å². The van der Waals surface area contributed by atoms with Crippen molar-refractivity contribution >= 4 is 5.97 Å². The summed E-state index contributed by atoms with van der Waals surface area (Å²) in [7, 11) is 0. The summed E-state index contributed by atoms with van der Waals surface area (Å²) in [5.74, 6) is -0.582. The number of alkyl halides is 3. The molecule has 29 heavy (non-hydrogen) atoms. The first-order chi connectivity index (χ1) is 13.8. The number of carboxylic acids is 1. The second-order valence-electron chi connectivity index (χ2n) is 7.13. The topological polar surface area (TPSA) is 63.1 Å².